The van der Waals surface area contributed by atoms with Gasteiger partial charge in [-0.05, 0) is 60.2 Å². The van der Waals surface area contributed by atoms with E-state index in [4.69, 9.17) is 46.4 Å². The van der Waals surface area contributed by atoms with E-state index in [9.17, 15) is 14.4 Å². The van der Waals surface area contributed by atoms with Crippen molar-refractivity contribution in [3.8, 4) is 0 Å². The lowest BCUT2D eigenvalue weighted by atomic mass is 10.1. The summed E-state index contributed by atoms with van der Waals surface area (Å²) in [6, 6.07) is 18.2. The molecule has 0 aliphatic rings. The normalized spacial score (nSPS) is 11.6. The molecule has 0 unspecified atom stereocenters. The molecule has 3 aromatic rings. The zero-order valence-corrected chi connectivity index (χ0v) is 24.6. The Morgan fingerprint density at radius 2 is 1.13 bits per heavy atom. The Balaban J connectivity index is 1.62. The van der Waals surface area contributed by atoms with Crippen molar-refractivity contribution in [2.75, 3.05) is 13.1 Å². The van der Waals surface area contributed by atoms with E-state index in [2.05, 4.69) is 28.6 Å². The standard InChI is InChI=1S/C28H27Cl4N3O3S/c29-20-8-6-18(14-22(20)31)10-12-33-27(37)25(35-26(36)24(39)16-17-4-2-1-3-5-17)28(38)34-13-11-19-7-9-21(30)23(32)15-19/h1-9,14-15,24-25,39H,10-13,16H2,(H,33,37)(H,34,38)(H,35,36)/t24-/m0/s1. The summed E-state index contributed by atoms with van der Waals surface area (Å²) >= 11 is 28.4. The molecule has 0 aliphatic heterocycles. The van der Waals surface area contributed by atoms with E-state index in [1.165, 1.54) is 0 Å². The Hall–Kier alpha value is -2.42. The van der Waals surface area contributed by atoms with Gasteiger partial charge in [0.25, 0.3) is 11.8 Å². The molecule has 0 heterocycles. The lowest BCUT2D eigenvalue weighted by Crippen LogP contribution is -2.57. The summed E-state index contributed by atoms with van der Waals surface area (Å²) in [7, 11) is 0. The quantitative estimate of drug-likeness (QED) is 0.162. The first-order valence-corrected chi connectivity index (χ1v) is 14.1. The van der Waals surface area contributed by atoms with Gasteiger partial charge in [-0.25, -0.2) is 0 Å². The van der Waals surface area contributed by atoms with Crippen LogP contribution in [0.5, 0.6) is 0 Å². The van der Waals surface area contributed by atoms with Crippen LogP contribution in [-0.4, -0.2) is 42.1 Å². The van der Waals surface area contributed by atoms with E-state index >= 15 is 0 Å². The fourth-order valence-corrected chi connectivity index (χ4v) is 4.60. The minimum absolute atomic E-state index is 0.216. The summed E-state index contributed by atoms with van der Waals surface area (Å²) in [5.74, 6) is -1.82. The predicted octanol–water partition coefficient (Wildman–Crippen LogP) is 5.34. The zero-order chi connectivity index (χ0) is 28.4. The summed E-state index contributed by atoms with van der Waals surface area (Å²) in [6.07, 6.45) is 1.23. The molecule has 1 atom stereocenters. The highest BCUT2D eigenvalue weighted by atomic mass is 35.5. The number of nitrogens with one attached hydrogen (secondary N) is 3. The van der Waals surface area contributed by atoms with Gasteiger partial charge in [0.2, 0.25) is 5.91 Å². The van der Waals surface area contributed by atoms with Crippen LogP contribution >= 0.6 is 59.0 Å². The average Bonchev–Trinajstić information content (AvgIpc) is 2.91. The van der Waals surface area contributed by atoms with Crippen molar-refractivity contribution in [1.82, 2.24) is 16.0 Å². The fourth-order valence-electron chi connectivity index (χ4n) is 3.67. The molecule has 0 saturated carbocycles. The number of thiol groups is 1. The van der Waals surface area contributed by atoms with Crippen LogP contribution in [0.25, 0.3) is 0 Å². The number of carbonyl (C=O) groups excluding carboxylic acids is 3. The van der Waals surface area contributed by atoms with Gasteiger partial charge >= 0.3 is 0 Å². The first kappa shape index (κ1) is 31.1. The maximum Gasteiger partial charge on any atom is 0.252 e. The molecule has 3 amide bonds. The number of carbonyl (C=O) groups is 3. The molecule has 6 nitrogen and oxygen atoms in total. The Bertz CT molecular complexity index is 1240. The lowest BCUT2D eigenvalue weighted by molar-refractivity contribution is -0.136. The summed E-state index contributed by atoms with van der Waals surface area (Å²) in [5, 5.41) is 8.90. The second-order valence-electron chi connectivity index (χ2n) is 8.73. The molecule has 3 rings (SSSR count). The molecule has 0 radical (unpaired) electrons. The van der Waals surface area contributed by atoms with Crippen molar-refractivity contribution in [1.29, 1.82) is 0 Å². The predicted molar refractivity (Wildman–Crippen MR) is 161 cm³/mol. The molecule has 206 valence electrons. The number of halogens is 4. The van der Waals surface area contributed by atoms with Crippen molar-refractivity contribution >= 4 is 76.8 Å². The molecule has 0 bridgehead atoms. The van der Waals surface area contributed by atoms with Crippen molar-refractivity contribution in [2.24, 2.45) is 0 Å². The van der Waals surface area contributed by atoms with Gasteiger partial charge < -0.3 is 16.0 Å². The van der Waals surface area contributed by atoms with Crippen LogP contribution < -0.4 is 16.0 Å². The van der Waals surface area contributed by atoms with Crippen LogP contribution in [0.4, 0.5) is 0 Å². The molecule has 0 fully saturated rings. The molecule has 39 heavy (non-hydrogen) atoms. The SMILES string of the molecule is O=C(NCCc1ccc(Cl)c(Cl)c1)C(NC(=O)[C@@H](S)Cc1ccccc1)C(=O)NCCc1ccc(Cl)c(Cl)c1. The molecule has 0 aliphatic carbocycles. The third kappa shape index (κ3) is 9.92. The van der Waals surface area contributed by atoms with Crippen molar-refractivity contribution in [3.63, 3.8) is 0 Å². The Kier molecular flexibility index (Phi) is 12.3. The fraction of sp³-hybridized carbons (Fsp3) is 0.250. The van der Waals surface area contributed by atoms with Crippen LogP contribution in [0.15, 0.2) is 66.7 Å². The van der Waals surface area contributed by atoms with Gasteiger partial charge in [0.15, 0.2) is 6.04 Å². The molecule has 0 aromatic heterocycles. The molecule has 0 saturated heterocycles. The van der Waals surface area contributed by atoms with Crippen molar-refractivity contribution < 1.29 is 14.4 Å². The number of benzene rings is 3. The van der Waals surface area contributed by atoms with Crippen LogP contribution in [0.3, 0.4) is 0 Å². The first-order chi connectivity index (χ1) is 18.6. The smallest absolute Gasteiger partial charge is 0.252 e. The summed E-state index contributed by atoms with van der Waals surface area (Å²) in [6.45, 7) is 0.433. The molecule has 3 N–H and O–H groups in total. The third-order valence-corrected chi connectivity index (χ3v) is 7.67. The highest BCUT2D eigenvalue weighted by molar-refractivity contribution is 7.81. The number of hydrogen-bond donors (Lipinski definition) is 4. The Morgan fingerprint density at radius 3 is 1.59 bits per heavy atom. The second-order valence-corrected chi connectivity index (χ2v) is 11.0. The number of hydrogen-bond acceptors (Lipinski definition) is 4. The van der Waals surface area contributed by atoms with Gasteiger partial charge in [-0.2, -0.15) is 12.6 Å². The monoisotopic (exact) mass is 625 g/mol. The molecular weight excluding hydrogens is 600 g/mol. The highest BCUT2D eigenvalue weighted by Crippen LogP contribution is 2.23. The largest absolute Gasteiger partial charge is 0.354 e. The van der Waals surface area contributed by atoms with E-state index in [0.29, 0.717) is 39.4 Å². The Labute approximate surface area is 253 Å². The zero-order valence-electron chi connectivity index (χ0n) is 20.7. The topological polar surface area (TPSA) is 87.3 Å². The minimum Gasteiger partial charge on any atom is -0.354 e. The van der Waals surface area contributed by atoms with E-state index in [0.717, 1.165) is 16.7 Å². The van der Waals surface area contributed by atoms with E-state index < -0.39 is 29.0 Å². The summed E-state index contributed by atoms with van der Waals surface area (Å²) in [4.78, 5) is 39.0. The summed E-state index contributed by atoms with van der Waals surface area (Å²) in [5.41, 5.74) is 2.62. The highest BCUT2D eigenvalue weighted by Gasteiger charge is 2.30. The van der Waals surface area contributed by atoms with Crippen LogP contribution in [0.2, 0.25) is 20.1 Å². The van der Waals surface area contributed by atoms with Gasteiger partial charge in [-0.15, -0.1) is 0 Å². The molecule has 3 aromatic carbocycles. The van der Waals surface area contributed by atoms with Crippen LogP contribution in [0.1, 0.15) is 16.7 Å². The van der Waals surface area contributed by atoms with Gasteiger partial charge in [-0.3, -0.25) is 14.4 Å². The number of amides is 3. The maximum atomic E-state index is 13.0. The van der Waals surface area contributed by atoms with Gasteiger partial charge in [0.1, 0.15) is 0 Å². The Morgan fingerprint density at radius 1 is 0.641 bits per heavy atom. The molecule has 11 heteroatoms. The minimum atomic E-state index is -1.45. The molecular formula is C28H27Cl4N3O3S. The van der Waals surface area contributed by atoms with Crippen molar-refractivity contribution in [2.45, 2.75) is 30.6 Å². The van der Waals surface area contributed by atoms with Crippen molar-refractivity contribution in [3.05, 3.63) is 104 Å². The van der Waals surface area contributed by atoms with Gasteiger partial charge in [-0.1, -0.05) is 88.9 Å². The third-order valence-electron chi connectivity index (χ3n) is 5.78. The van der Waals surface area contributed by atoms with E-state index in [1.54, 1.807) is 36.4 Å². The van der Waals surface area contributed by atoms with Gasteiger partial charge in [0.05, 0.1) is 25.3 Å². The van der Waals surface area contributed by atoms with E-state index in [-0.39, 0.29) is 13.1 Å². The molecule has 0 spiro atoms. The maximum absolute atomic E-state index is 13.0. The average molecular weight is 627 g/mol. The first-order valence-electron chi connectivity index (χ1n) is 12.1. The summed E-state index contributed by atoms with van der Waals surface area (Å²) < 4.78 is 0. The van der Waals surface area contributed by atoms with Crippen LogP contribution in [-0.2, 0) is 33.6 Å². The van der Waals surface area contributed by atoms with Gasteiger partial charge in [0, 0.05) is 13.1 Å². The van der Waals surface area contributed by atoms with Crippen LogP contribution in [0, 0.1) is 0 Å². The lowest BCUT2D eigenvalue weighted by Gasteiger charge is -2.20. The van der Waals surface area contributed by atoms with E-state index in [1.807, 2.05) is 30.3 Å². The second kappa shape index (κ2) is 15.4. The number of rotatable bonds is 12.